The molecule has 5 nitrogen and oxygen atoms in total. The molecule has 0 saturated heterocycles. The Kier molecular flexibility index (Phi) is 2.00. The molecule has 0 aliphatic carbocycles. The largest absolute Gasteiger partial charge is 0.502 e. The van der Waals surface area contributed by atoms with Crippen LogP contribution in [0.4, 0.5) is 0 Å². The van der Waals surface area contributed by atoms with Crippen molar-refractivity contribution in [2.45, 2.75) is 0 Å². The Morgan fingerprint density at radius 2 is 2.00 bits per heavy atom. The molecule has 8 heteroatoms. The van der Waals surface area contributed by atoms with Crippen LogP contribution < -0.4 is 8.37 Å². The molecule has 1 aromatic heterocycles. The van der Waals surface area contributed by atoms with E-state index in [0.29, 0.717) is 8.95 Å². The molecule has 0 spiro atoms. The second kappa shape index (κ2) is 2.82. The van der Waals surface area contributed by atoms with Gasteiger partial charge in [-0.05, 0) is 31.9 Å². The Morgan fingerprint density at radius 3 is 2.69 bits per heavy atom. The molecule has 1 aliphatic heterocycles. The summed E-state index contributed by atoms with van der Waals surface area (Å²) in [5.74, 6) is 0.00412. The maximum absolute atomic E-state index is 10.8. The molecule has 1 aliphatic rings. The van der Waals surface area contributed by atoms with Crippen molar-refractivity contribution in [3.05, 3.63) is 15.1 Å². The minimum atomic E-state index is -3.96. The van der Waals surface area contributed by atoms with E-state index in [2.05, 4.69) is 45.2 Å². The van der Waals surface area contributed by atoms with Gasteiger partial charge in [-0.2, -0.15) is 0 Å². The molecular weight excluding hydrogens is 330 g/mol. The molecular formula is C5HBr2NO4S. The van der Waals surface area contributed by atoms with Gasteiger partial charge in [0.15, 0.2) is 0 Å². The zero-order chi connectivity index (χ0) is 9.64. The average molecular weight is 331 g/mol. The van der Waals surface area contributed by atoms with Crippen molar-refractivity contribution >= 4 is 42.3 Å². The van der Waals surface area contributed by atoms with Gasteiger partial charge in [0.1, 0.15) is 0 Å². The van der Waals surface area contributed by atoms with E-state index in [1.807, 2.05) is 0 Å². The van der Waals surface area contributed by atoms with Crippen LogP contribution in [0.15, 0.2) is 15.1 Å². The number of nitrogens with zero attached hydrogens (tertiary/aromatic N) is 1. The zero-order valence-corrected chi connectivity index (χ0v) is 9.81. The van der Waals surface area contributed by atoms with Gasteiger partial charge in [0.2, 0.25) is 5.75 Å². The first-order chi connectivity index (χ1) is 5.99. The minimum Gasteiger partial charge on any atom is -0.346 e. The van der Waals surface area contributed by atoms with Gasteiger partial charge in [-0.15, -0.1) is 8.42 Å². The lowest BCUT2D eigenvalue weighted by Gasteiger charge is -1.96. The summed E-state index contributed by atoms with van der Waals surface area (Å²) >= 11 is 6.27. The van der Waals surface area contributed by atoms with Crippen LogP contribution in [0.3, 0.4) is 0 Å². The van der Waals surface area contributed by atoms with Crippen molar-refractivity contribution in [1.82, 2.24) is 4.98 Å². The van der Waals surface area contributed by atoms with E-state index in [9.17, 15) is 8.42 Å². The topological polar surface area (TPSA) is 65.5 Å². The quantitative estimate of drug-likeness (QED) is 0.723. The van der Waals surface area contributed by atoms with Crippen LogP contribution in [0.2, 0.25) is 0 Å². The van der Waals surface area contributed by atoms with Crippen LogP contribution in [0.5, 0.6) is 11.6 Å². The number of hydrogen-bond donors (Lipinski definition) is 0. The van der Waals surface area contributed by atoms with Gasteiger partial charge >= 0.3 is 10.4 Å². The highest BCUT2D eigenvalue weighted by Crippen LogP contribution is 2.43. The van der Waals surface area contributed by atoms with Crippen LogP contribution in [-0.4, -0.2) is 13.4 Å². The number of rotatable bonds is 0. The summed E-state index contributed by atoms with van der Waals surface area (Å²) in [4.78, 5) is 3.71. The first kappa shape index (κ1) is 9.22. The van der Waals surface area contributed by atoms with Crippen LogP contribution in [0.1, 0.15) is 0 Å². The highest BCUT2D eigenvalue weighted by Gasteiger charge is 2.32. The lowest BCUT2D eigenvalue weighted by atomic mass is 10.4. The first-order valence-corrected chi connectivity index (χ1v) is 5.89. The summed E-state index contributed by atoms with van der Waals surface area (Å²) in [6.07, 6.45) is 1.41. The molecule has 13 heavy (non-hydrogen) atoms. The second-order valence-corrected chi connectivity index (χ2v) is 4.93. The summed E-state index contributed by atoms with van der Waals surface area (Å²) < 4.78 is 31.6. The first-order valence-electron chi connectivity index (χ1n) is 2.97. The third-order valence-electron chi connectivity index (χ3n) is 1.26. The summed E-state index contributed by atoms with van der Waals surface area (Å²) in [5.41, 5.74) is 0. The summed E-state index contributed by atoms with van der Waals surface area (Å²) in [6, 6.07) is 0. The Morgan fingerprint density at radius 1 is 1.31 bits per heavy atom. The Balaban J connectivity index is 2.65. The molecule has 0 unspecified atom stereocenters. The summed E-state index contributed by atoms with van der Waals surface area (Å²) in [7, 11) is -3.96. The van der Waals surface area contributed by atoms with Crippen LogP contribution in [0, 0.1) is 0 Å². The predicted octanol–water partition coefficient (Wildman–Crippen LogP) is 1.62. The van der Waals surface area contributed by atoms with Gasteiger partial charge in [-0.1, -0.05) is 0 Å². The average Bonchev–Trinajstić information content (AvgIpc) is 2.34. The Bertz CT molecular complexity index is 472. The fraction of sp³-hybridized carbons (Fsp3) is 0. The molecule has 2 heterocycles. The number of fused-ring (bicyclic) bond motifs is 1. The standard InChI is InChI=1S/C5HBr2NO4S/c6-2-1-8-5-4(3(2)7)11-13(9,10)12-5/h1H. The maximum Gasteiger partial charge on any atom is 0.502 e. The van der Waals surface area contributed by atoms with Crippen LogP contribution in [-0.2, 0) is 10.4 Å². The molecule has 70 valence electrons. The van der Waals surface area contributed by atoms with Crippen molar-refractivity contribution in [3.8, 4) is 11.6 Å². The molecule has 2 rings (SSSR count). The number of aromatic nitrogens is 1. The second-order valence-electron chi connectivity index (χ2n) is 2.13. The lowest BCUT2D eigenvalue weighted by Crippen LogP contribution is -2.08. The molecule has 1 aromatic rings. The third-order valence-corrected chi connectivity index (χ3v) is 3.92. The smallest absolute Gasteiger partial charge is 0.346 e. The lowest BCUT2D eigenvalue weighted by molar-refractivity contribution is 0.433. The highest BCUT2D eigenvalue weighted by atomic mass is 79.9. The fourth-order valence-corrected chi connectivity index (χ4v) is 2.23. The number of hydrogen-bond acceptors (Lipinski definition) is 5. The summed E-state index contributed by atoms with van der Waals surface area (Å²) in [5, 5.41) is 0. The minimum absolute atomic E-state index is 0.0601. The molecule has 0 N–H and O–H groups in total. The normalized spacial score (nSPS) is 17.4. The Hall–Kier alpha value is -0.340. The summed E-state index contributed by atoms with van der Waals surface area (Å²) in [6.45, 7) is 0. The van der Waals surface area contributed by atoms with Crippen molar-refractivity contribution in [3.63, 3.8) is 0 Å². The van der Waals surface area contributed by atoms with Gasteiger partial charge in [0.25, 0.3) is 5.88 Å². The van der Waals surface area contributed by atoms with Crippen LogP contribution >= 0.6 is 31.9 Å². The highest BCUT2D eigenvalue weighted by molar-refractivity contribution is 9.13. The zero-order valence-electron chi connectivity index (χ0n) is 5.82. The third kappa shape index (κ3) is 1.53. The fourth-order valence-electron chi connectivity index (χ4n) is 0.780. The van der Waals surface area contributed by atoms with Crippen molar-refractivity contribution < 1.29 is 16.8 Å². The Labute approximate surface area is 90.7 Å². The van der Waals surface area contributed by atoms with Gasteiger partial charge in [-0.3, -0.25) is 0 Å². The number of pyridine rings is 1. The van der Waals surface area contributed by atoms with E-state index >= 15 is 0 Å². The predicted molar refractivity (Wildman–Crippen MR) is 49.8 cm³/mol. The van der Waals surface area contributed by atoms with Crippen molar-refractivity contribution in [1.29, 1.82) is 0 Å². The number of halogens is 2. The van der Waals surface area contributed by atoms with E-state index in [1.165, 1.54) is 6.20 Å². The monoisotopic (exact) mass is 329 g/mol. The van der Waals surface area contributed by atoms with E-state index < -0.39 is 10.4 Å². The van der Waals surface area contributed by atoms with Crippen LogP contribution in [0.25, 0.3) is 0 Å². The van der Waals surface area contributed by atoms with E-state index in [-0.39, 0.29) is 11.6 Å². The van der Waals surface area contributed by atoms with E-state index in [0.717, 1.165) is 0 Å². The molecule has 0 aromatic carbocycles. The van der Waals surface area contributed by atoms with Gasteiger partial charge in [0, 0.05) is 6.20 Å². The van der Waals surface area contributed by atoms with Gasteiger partial charge in [-0.25, -0.2) is 4.98 Å². The van der Waals surface area contributed by atoms with Crippen molar-refractivity contribution in [2.75, 3.05) is 0 Å². The molecule has 0 radical (unpaired) electrons. The van der Waals surface area contributed by atoms with Gasteiger partial charge < -0.3 is 8.37 Å². The molecule has 0 atom stereocenters. The molecule has 0 bridgehead atoms. The van der Waals surface area contributed by atoms with Crippen molar-refractivity contribution in [2.24, 2.45) is 0 Å². The molecule has 0 saturated carbocycles. The SMILES string of the molecule is O=S1(=O)Oc2ncc(Br)c(Br)c2O1. The molecule has 0 amide bonds. The van der Waals surface area contributed by atoms with E-state index in [4.69, 9.17) is 0 Å². The van der Waals surface area contributed by atoms with E-state index in [1.54, 1.807) is 0 Å². The van der Waals surface area contributed by atoms with Gasteiger partial charge in [0.05, 0.1) is 8.95 Å². The molecule has 0 fully saturated rings. The maximum atomic E-state index is 10.8.